The van der Waals surface area contributed by atoms with Crippen LogP contribution in [0, 0.1) is 29.6 Å². The molecule has 4 fully saturated rings. The predicted octanol–water partition coefficient (Wildman–Crippen LogP) is 4.59. The van der Waals surface area contributed by atoms with E-state index in [0.717, 1.165) is 31.3 Å². The van der Waals surface area contributed by atoms with Crippen LogP contribution in [0.5, 0.6) is 0 Å². The Morgan fingerprint density at radius 3 is 2.58 bits per heavy atom. The van der Waals surface area contributed by atoms with Crippen molar-refractivity contribution in [1.82, 2.24) is 9.80 Å². The van der Waals surface area contributed by atoms with Gasteiger partial charge in [-0.2, -0.15) is 0 Å². The summed E-state index contributed by atoms with van der Waals surface area (Å²) < 4.78 is 5.78. The molecule has 1 aromatic rings. The number of piperidine rings is 1. The van der Waals surface area contributed by atoms with Crippen molar-refractivity contribution in [3.63, 3.8) is 0 Å². The van der Waals surface area contributed by atoms with E-state index in [9.17, 15) is 4.79 Å². The Morgan fingerprint density at radius 2 is 1.81 bits per heavy atom. The van der Waals surface area contributed by atoms with E-state index >= 15 is 0 Å². The Kier molecular flexibility index (Phi) is 6.39. The lowest BCUT2D eigenvalue weighted by atomic mass is 9.57. The van der Waals surface area contributed by atoms with E-state index in [-0.39, 0.29) is 18.0 Å². The highest BCUT2D eigenvalue weighted by atomic mass is 16.6. The summed E-state index contributed by atoms with van der Waals surface area (Å²) >= 11 is 0. The lowest BCUT2D eigenvalue weighted by molar-refractivity contribution is -0.144. The molecule has 0 aromatic heterocycles. The van der Waals surface area contributed by atoms with Crippen molar-refractivity contribution in [2.45, 2.75) is 70.6 Å². The van der Waals surface area contributed by atoms with Gasteiger partial charge in [0, 0.05) is 25.0 Å². The largest absolute Gasteiger partial charge is 0.462 e. The molecule has 6 unspecified atom stereocenters. The van der Waals surface area contributed by atoms with Gasteiger partial charge in [-0.15, -0.1) is 0 Å². The van der Waals surface area contributed by atoms with Gasteiger partial charge >= 0.3 is 5.97 Å². The van der Waals surface area contributed by atoms with Gasteiger partial charge in [0.15, 0.2) is 0 Å². The normalized spacial score (nSPS) is 36.8. The van der Waals surface area contributed by atoms with E-state index in [0.29, 0.717) is 17.9 Å². The zero-order valence-corrected chi connectivity index (χ0v) is 19.4. The van der Waals surface area contributed by atoms with Crippen molar-refractivity contribution in [2.75, 3.05) is 26.7 Å². The lowest BCUT2D eigenvalue weighted by Gasteiger charge is -2.49. The first-order valence-corrected chi connectivity index (χ1v) is 12.8. The molecule has 2 aliphatic heterocycles. The van der Waals surface area contributed by atoms with Gasteiger partial charge in [-0.05, 0) is 76.1 Å². The van der Waals surface area contributed by atoms with Gasteiger partial charge in [-0.1, -0.05) is 49.6 Å². The summed E-state index contributed by atoms with van der Waals surface area (Å²) in [6, 6.07) is 11.5. The molecule has 2 saturated carbocycles. The Hall–Kier alpha value is -1.39. The number of ether oxygens (including phenoxy) is 1. The monoisotopic (exact) mass is 424 g/mol. The average Bonchev–Trinajstić information content (AvgIpc) is 3.08. The fourth-order valence-electron chi connectivity index (χ4n) is 7.54. The highest BCUT2D eigenvalue weighted by Crippen LogP contribution is 2.53. The van der Waals surface area contributed by atoms with Crippen LogP contribution in [0.15, 0.2) is 30.3 Å². The minimum atomic E-state index is 0.100. The molecule has 5 rings (SSSR count). The molecule has 0 spiro atoms. The predicted molar refractivity (Wildman–Crippen MR) is 123 cm³/mol. The number of cyclic esters (lactones) is 1. The van der Waals surface area contributed by atoms with Gasteiger partial charge in [0.05, 0.1) is 5.92 Å². The highest BCUT2D eigenvalue weighted by Gasteiger charge is 2.54. The molecule has 4 aliphatic rings. The van der Waals surface area contributed by atoms with Gasteiger partial charge < -0.3 is 9.64 Å². The van der Waals surface area contributed by atoms with Crippen molar-refractivity contribution >= 4 is 5.97 Å². The van der Waals surface area contributed by atoms with E-state index in [1.54, 1.807) is 0 Å². The smallest absolute Gasteiger partial charge is 0.309 e. The van der Waals surface area contributed by atoms with Crippen LogP contribution in [0.2, 0.25) is 0 Å². The number of hydrogen-bond donors (Lipinski definition) is 0. The number of fused-ring (bicyclic) bond motifs is 2. The second kappa shape index (κ2) is 9.23. The average molecular weight is 425 g/mol. The molecule has 2 heterocycles. The van der Waals surface area contributed by atoms with E-state index < -0.39 is 0 Å². The summed E-state index contributed by atoms with van der Waals surface area (Å²) in [6.07, 6.45) is 9.12. The third-order valence-electron chi connectivity index (χ3n) is 9.11. The van der Waals surface area contributed by atoms with Gasteiger partial charge in [-0.25, -0.2) is 0 Å². The third kappa shape index (κ3) is 4.43. The topological polar surface area (TPSA) is 32.8 Å². The molecule has 6 atom stereocenters. The summed E-state index contributed by atoms with van der Waals surface area (Å²) in [7, 11) is 2.35. The zero-order valence-electron chi connectivity index (χ0n) is 19.4. The summed E-state index contributed by atoms with van der Waals surface area (Å²) in [6.45, 7) is 6.74. The van der Waals surface area contributed by atoms with Gasteiger partial charge in [0.1, 0.15) is 6.10 Å². The summed E-state index contributed by atoms with van der Waals surface area (Å²) in [5.74, 6) is 2.88. The van der Waals surface area contributed by atoms with E-state index in [1.807, 2.05) is 0 Å². The third-order valence-corrected chi connectivity index (χ3v) is 9.11. The SMILES string of the molecule is CC1OC(=O)C2CC3CCCCC3C(CN(C)C3CCN(Cc4ccccc4)CC3)C12. The number of esters is 1. The van der Waals surface area contributed by atoms with E-state index in [1.165, 1.54) is 57.2 Å². The minimum Gasteiger partial charge on any atom is -0.462 e. The van der Waals surface area contributed by atoms with Gasteiger partial charge in [0.2, 0.25) is 0 Å². The van der Waals surface area contributed by atoms with Crippen LogP contribution in [0.25, 0.3) is 0 Å². The number of rotatable bonds is 5. The van der Waals surface area contributed by atoms with Crippen LogP contribution in [0.4, 0.5) is 0 Å². The van der Waals surface area contributed by atoms with E-state index in [2.05, 4.69) is 54.1 Å². The standard InChI is InChI=1S/C27H40N2O2/c1-19-26-24(27(30)31-19)16-21-10-6-7-11-23(21)25(26)18-28(2)22-12-14-29(15-13-22)17-20-8-4-3-5-9-20/h3-5,8-9,19,21-26H,6-7,10-18H2,1-2H3. The molecule has 0 N–H and O–H groups in total. The van der Waals surface area contributed by atoms with Crippen molar-refractivity contribution < 1.29 is 9.53 Å². The van der Waals surface area contributed by atoms with Crippen LogP contribution >= 0.6 is 0 Å². The van der Waals surface area contributed by atoms with Crippen molar-refractivity contribution in [3.05, 3.63) is 35.9 Å². The Bertz CT molecular complexity index is 745. The zero-order chi connectivity index (χ0) is 21.4. The first-order valence-electron chi connectivity index (χ1n) is 12.8. The van der Waals surface area contributed by atoms with Crippen molar-refractivity contribution in [2.24, 2.45) is 29.6 Å². The molecule has 170 valence electrons. The molecule has 2 saturated heterocycles. The number of nitrogens with zero attached hydrogens (tertiary/aromatic N) is 2. The Morgan fingerprint density at radius 1 is 1.06 bits per heavy atom. The van der Waals surface area contributed by atoms with Crippen LogP contribution < -0.4 is 0 Å². The first kappa shape index (κ1) is 21.5. The summed E-state index contributed by atoms with van der Waals surface area (Å²) in [4.78, 5) is 17.8. The molecule has 2 aliphatic carbocycles. The maximum atomic E-state index is 12.6. The van der Waals surface area contributed by atoms with Gasteiger partial charge in [0.25, 0.3) is 0 Å². The maximum Gasteiger partial charge on any atom is 0.309 e. The molecule has 0 amide bonds. The Labute approximate surface area is 188 Å². The highest BCUT2D eigenvalue weighted by molar-refractivity contribution is 5.75. The minimum absolute atomic E-state index is 0.100. The molecular weight excluding hydrogens is 384 g/mol. The van der Waals surface area contributed by atoms with Crippen LogP contribution in [0.1, 0.15) is 57.4 Å². The molecule has 31 heavy (non-hydrogen) atoms. The molecule has 0 radical (unpaired) electrons. The van der Waals surface area contributed by atoms with Gasteiger partial charge in [-0.3, -0.25) is 9.69 Å². The number of benzene rings is 1. The molecule has 1 aromatic carbocycles. The van der Waals surface area contributed by atoms with Crippen molar-refractivity contribution in [3.8, 4) is 0 Å². The number of likely N-dealkylation sites (tertiary alicyclic amines) is 1. The fourth-order valence-corrected chi connectivity index (χ4v) is 7.54. The number of carbonyl (C=O) groups is 1. The molecule has 4 nitrogen and oxygen atoms in total. The molecular formula is C27H40N2O2. The maximum absolute atomic E-state index is 12.6. The number of carbonyl (C=O) groups excluding carboxylic acids is 1. The molecule has 4 heteroatoms. The van der Waals surface area contributed by atoms with Crippen molar-refractivity contribution in [1.29, 1.82) is 0 Å². The van der Waals surface area contributed by atoms with Crippen LogP contribution in [0.3, 0.4) is 0 Å². The molecule has 0 bridgehead atoms. The second-order valence-corrected chi connectivity index (χ2v) is 10.9. The van der Waals surface area contributed by atoms with Crippen LogP contribution in [-0.2, 0) is 16.1 Å². The van der Waals surface area contributed by atoms with Crippen LogP contribution in [-0.4, -0.2) is 54.6 Å². The fraction of sp³-hybridized carbons (Fsp3) is 0.741. The first-order chi connectivity index (χ1) is 15.1. The lowest BCUT2D eigenvalue weighted by Crippen LogP contribution is -2.51. The summed E-state index contributed by atoms with van der Waals surface area (Å²) in [5, 5.41) is 0. The number of hydrogen-bond acceptors (Lipinski definition) is 4. The van der Waals surface area contributed by atoms with E-state index in [4.69, 9.17) is 4.74 Å². The second-order valence-electron chi connectivity index (χ2n) is 10.9. The quantitative estimate of drug-likeness (QED) is 0.648. The summed E-state index contributed by atoms with van der Waals surface area (Å²) in [5.41, 5.74) is 1.42. The Balaban J connectivity index is 1.21.